The van der Waals surface area contributed by atoms with Crippen molar-refractivity contribution < 1.29 is 0 Å². The van der Waals surface area contributed by atoms with E-state index in [2.05, 4.69) is 26.2 Å². The average Bonchev–Trinajstić information content (AvgIpc) is 2.72. The number of fused-ring (bicyclic) bond motifs is 1. The van der Waals surface area contributed by atoms with E-state index < -0.39 is 0 Å². The molecule has 1 aromatic heterocycles. The minimum absolute atomic E-state index is 0.655. The first kappa shape index (κ1) is 10.7. The van der Waals surface area contributed by atoms with Crippen LogP contribution in [0, 0.1) is 0 Å². The largest absolute Gasteiger partial charge is 0.211 e. The number of nitrogens with zero attached hydrogens (tertiary/aromatic N) is 3. The second kappa shape index (κ2) is 4.13. The quantitative estimate of drug-likeness (QED) is 0.684. The lowest BCUT2D eigenvalue weighted by atomic mass is 10.3. The molecule has 0 saturated heterocycles. The van der Waals surface area contributed by atoms with E-state index in [0.717, 1.165) is 21.2 Å². The Bertz CT molecular complexity index is 693. The number of aromatic nitrogens is 3. The first-order chi connectivity index (χ1) is 8.25. The van der Waals surface area contributed by atoms with Gasteiger partial charge in [-0.05, 0) is 30.3 Å². The normalized spacial score (nSPS) is 10.9. The zero-order valence-corrected chi connectivity index (χ0v) is 11.0. The molecule has 0 atom stereocenters. The minimum atomic E-state index is 0.655. The molecule has 3 rings (SSSR count). The van der Waals surface area contributed by atoms with Crippen LogP contribution in [0.5, 0.6) is 0 Å². The molecule has 0 aliphatic rings. The van der Waals surface area contributed by atoms with Crippen LogP contribution in [0.15, 0.2) is 46.9 Å². The van der Waals surface area contributed by atoms with Gasteiger partial charge in [0, 0.05) is 4.47 Å². The predicted octanol–water partition coefficient (Wildman–Crippen LogP) is 3.84. The van der Waals surface area contributed by atoms with Crippen molar-refractivity contribution >= 4 is 38.6 Å². The molecule has 0 spiro atoms. The van der Waals surface area contributed by atoms with Gasteiger partial charge in [0.25, 0.3) is 0 Å². The van der Waals surface area contributed by atoms with Crippen molar-refractivity contribution in [3.05, 3.63) is 52.0 Å². The molecule has 0 fully saturated rings. The fraction of sp³-hybridized carbons (Fsp3) is 0. The van der Waals surface area contributed by atoms with Crippen molar-refractivity contribution in [2.45, 2.75) is 0 Å². The Morgan fingerprint density at radius 1 is 1.12 bits per heavy atom. The summed E-state index contributed by atoms with van der Waals surface area (Å²) in [7, 11) is 0. The van der Waals surface area contributed by atoms with E-state index in [1.807, 2.05) is 42.5 Å². The lowest BCUT2D eigenvalue weighted by Gasteiger charge is -2.03. The van der Waals surface area contributed by atoms with E-state index >= 15 is 0 Å². The van der Waals surface area contributed by atoms with Gasteiger partial charge in [-0.3, -0.25) is 0 Å². The van der Waals surface area contributed by atoms with Gasteiger partial charge in [0.1, 0.15) is 5.52 Å². The Hall–Kier alpha value is -1.39. The van der Waals surface area contributed by atoms with Crippen LogP contribution in [-0.2, 0) is 0 Å². The summed E-state index contributed by atoms with van der Waals surface area (Å²) < 4.78 is 2.72. The van der Waals surface area contributed by atoms with Crippen LogP contribution < -0.4 is 0 Å². The zero-order chi connectivity index (χ0) is 11.8. The Morgan fingerprint density at radius 3 is 2.76 bits per heavy atom. The van der Waals surface area contributed by atoms with Gasteiger partial charge < -0.3 is 0 Å². The molecule has 3 nitrogen and oxygen atoms in total. The number of para-hydroxylation sites is 1. The summed E-state index contributed by atoms with van der Waals surface area (Å²) in [5.41, 5.74) is 2.60. The van der Waals surface area contributed by atoms with Crippen LogP contribution in [-0.4, -0.2) is 15.0 Å². The van der Waals surface area contributed by atoms with Crippen molar-refractivity contribution in [1.82, 2.24) is 15.0 Å². The lowest BCUT2D eigenvalue weighted by molar-refractivity contribution is 0.824. The van der Waals surface area contributed by atoms with E-state index in [1.54, 1.807) is 4.68 Å². The third kappa shape index (κ3) is 1.83. The van der Waals surface area contributed by atoms with Gasteiger partial charge in [0.05, 0.1) is 16.2 Å². The van der Waals surface area contributed by atoms with Crippen LogP contribution >= 0.6 is 27.5 Å². The van der Waals surface area contributed by atoms with Gasteiger partial charge in [-0.25, -0.2) is 4.68 Å². The smallest absolute Gasteiger partial charge is 0.114 e. The van der Waals surface area contributed by atoms with Gasteiger partial charge in [-0.15, -0.1) is 5.10 Å². The van der Waals surface area contributed by atoms with Crippen LogP contribution in [0.4, 0.5) is 0 Å². The Balaban J connectivity index is 2.29. The predicted molar refractivity (Wildman–Crippen MR) is 71.6 cm³/mol. The van der Waals surface area contributed by atoms with Crippen molar-refractivity contribution in [2.24, 2.45) is 0 Å². The fourth-order valence-corrected chi connectivity index (χ4v) is 2.26. The SMILES string of the molecule is Clc1ccccc1-n1nnc2cc(Br)ccc21. The monoisotopic (exact) mass is 307 g/mol. The second-order valence-corrected chi connectivity index (χ2v) is 4.91. The van der Waals surface area contributed by atoms with Crippen LogP contribution in [0.3, 0.4) is 0 Å². The average molecular weight is 309 g/mol. The molecule has 84 valence electrons. The Kier molecular flexibility index (Phi) is 2.61. The molecule has 0 unspecified atom stereocenters. The molecule has 0 bridgehead atoms. The van der Waals surface area contributed by atoms with E-state index in [-0.39, 0.29) is 0 Å². The molecule has 2 aromatic carbocycles. The summed E-state index contributed by atoms with van der Waals surface area (Å²) in [6.07, 6.45) is 0. The first-order valence-electron chi connectivity index (χ1n) is 5.01. The van der Waals surface area contributed by atoms with Crippen molar-refractivity contribution in [3.63, 3.8) is 0 Å². The summed E-state index contributed by atoms with van der Waals surface area (Å²) in [5.74, 6) is 0. The van der Waals surface area contributed by atoms with Crippen molar-refractivity contribution in [2.75, 3.05) is 0 Å². The standard InChI is InChI=1S/C12H7BrClN3/c13-8-5-6-12-10(7-8)15-16-17(12)11-4-2-1-3-9(11)14/h1-7H. The summed E-state index contributed by atoms with van der Waals surface area (Å²) in [6, 6.07) is 13.4. The molecule has 0 amide bonds. The lowest BCUT2D eigenvalue weighted by Crippen LogP contribution is -1.96. The highest BCUT2D eigenvalue weighted by Crippen LogP contribution is 2.24. The Morgan fingerprint density at radius 2 is 1.94 bits per heavy atom. The molecule has 0 saturated carbocycles. The maximum absolute atomic E-state index is 6.15. The number of benzene rings is 2. The molecule has 0 aliphatic carbocycles. The fourth-order valence-electron chi connectivity index (χ4n) is 1.70. The van der Waals surface area contributed by atoms with Gasteiger partial charge >= 0.3 is 0 Å². The molecule has 3 aromatic rings. The molecular formula is C12H7BrClN3. The molecule has 17 heavy (non-hydrogen) atoms. The van der Waals surface area contributed by atoms with E-state index in [1.165, 1.54) is 0 Å². The minimum Gasteiger partial charge on any atom is -0.211 e. The molecule has 1 heterocycles. The summed E-state index contributed by atoms with van der Waals surface area (Å²) in [4.78, 5) is 0. The van der Waals surface area contributed by atoms with E-state index in [9.17, 15) is 0 Å². The maximum Gasteiger partial charge on any atom is 0.114 e. The number of hydrogen-bond donors (Lipinski definition) is 0. The summed E-state index contributed by atoms with van der Waals surface area (Å²) in [5, 5.41) is 8.91. The Labute approximate surface area is 111 Å². The van der Waals surface area contributed by atoms with Gasteiger partial charge in [0.2, 0.25) is 0 Å². The molecule has 0 N–H and O–H groups in total. The summed E-state index contributed by atoms with van der Waals surface area (Å²) >= 11 is 9.56. The summed E-state index contributed by atoms with van der Waals surface area (Å²) in [6.45, 7) is 0. The van der Waals surface area contributed by atoms with E-state index in [0.29, 0.717) is 5.02 Å². The second-order valence-electron chi connectivity index (χ2n) is 3.59. The highest BCUT2D eigenvalue weighted by atomic mass is 79.9. The highest BCUT2D eigenvalue weighted by molar-refractivity contribution is 9.10. The maximum atomic E-state index is 6.15. The van der Waals surface area contributed by atoms with Crippen LogP contribution in [0.1, 0.15) is 0 Å². The van der Waals surface area contributed by atoms with Crippen molar-refractivity contribution in [3.8, 4) is 5.69 Å². The van der Waals surface area contributed by atoms with Crippen LogP contribution in [0.2, 0.25) is 5.02 Å². The number of hydrogen-bond acceptors (Lipinski definition) is 2. The van der Waals surface area contributed by atoms with Crippen LogP contribution in [0.25, 0.3) is 16.7 Å². The topological polar surface area (TPSA) is 30.7 Å². The highest BCUT2D eigenvalue weighted by Gasteiger charge is 2.08. The molecule has 5 heteroatoms. The van der Waals surface area contributed by atoms with Gasteiger partial charge in [-0.1, -0.05) is 44.9 Å². The first-order valence-corrected chi connectivity index (χ1v) is 6.19. The van der Waals surface area contributed by atoms with Gasteiger partial charge in [-0.2, -0.15) is 0 Å². The molecule has 0 aliphatic heterocycles. The number of rotatable bonds is 1. The van der Waals surface area contributed by atoms with Crippen molar-refractivity contribution in [1.29, 1.82) is 0 Å². The van der Waals surface area contributed by atoms with Gasteiger partial charge in [0.15, 0.2) is 0 Å². The number of halogens is 2. The zero-order valence-electron chi connectivity index (χ0n) is 8.64. The third-order valence-corrected chi connectivity index (χ3v) is 3.30. The molecule has 0 radical (unpaired) electrons. The van der Waals surface area contributed by atoms with E-state index in [4.69, 9.17) is 11.6 Å². The molecular weight excluding hydrogens is 302 g/mol. The third-order valence-electron chi connectivity index (χ3n) is 2.49.